The number of benzene rings is 1. The van der Waals surface area contributed by atoms with Gasteiger partial charge in [-0.15, -0.1) is 0 Å². The van der Waals surface area contributed by atoms with Gasteiger partial charge in [0.05, 0.1) is 6.54 Å². The first-order chi connectivity index (χ1) is 12.4. The number of hydrogen-bond acceptors (Lipinski definition) is 5. The monoisotopic (exact) mass is 357 g/mol. The second-order valence-electron chi connectivity index (χ2n) is 5.58. The third-order valence-corrected chi connectivity index (χ3v) is 3.56. The Hall–Kier alpha value is -3.42. The lowest BCUT2D eigenvalue weighted by Gasteiger charge is -2.12. The number of nitrogens with one attached hydrogen (secondary N) is 3. The van der Waals surface area contributed by atoms with Crippen molar-refractivity contribution >= 4 is 23.5 Å². The maximum absolute atomic E-state index is 11.9. The molecule has 1 heterocycles. The van der Waals surface area contributed by atoms with E-state index in [-0.39, 0.29) is 12.1 Å². The Morgan fingerprint density at radius 3 is 2.38 bits per heavy atom. The van der Waals surface area contributed by atoms with Gasteiger partial charge in [0.1, 0.15) is 5.56 Å². The quantitative estimate of drug-likeness (QED) is 0.664. The van der Waals surface area contributed by atoms with Gasteiger partial charge in [0, 0.05) is 11.9 Å². The number of ether oxygens (including phenoxy) is 1. The maximum atomic E-state index is 11.9. The molecule has 1 aromatic heterocycles. The summed E-state index contributed by atoms with van der Waals surface area (Å²) in [5.74, 6) is -1.97. The van der Waals surface area contributed by atoms with E-state index in [1.807, 2.05) is 32.0 Å². The van der Waals surface area contributed by atoms with Crippen LogP contribution in [0, 0.1) is 13.8 Å². The van der Waals surface area contributed by atoms with Gasteiger partial charge in [-0.3, -0.25) is 14.4 Å². The molecule has 0 fully saturated rings. The third kappa shape index (κ3) is 5.04. The zero-order valence-corrected chi connectivity index (χ0v) is 14.4. The Kier molecular flexibility index (Phi) is 6.26. The standard InChI is InChI=1S/C18H19N3O5/c1-11-5-3-6-12(2)16(11)21-14(22)9-20-15(23)10-26-18(25)13-7-4-8-19-17(13)24/h3-8H,9-10H2,1-2H3,(H,19,24)(H,20,23)(H,21,22). The molecule has 1 aromatic carbocycles. The Balaban J connectivity index is 1.80. The van der Waals surface area contributed by atoms with Gasteiger partial charge in [0.2, 0.25) is 5.91 Å². The van der Waals surface area contributed by atoms with Gasteiger partial charge < -0.3 is 20.4 Å². The minimum Gasteiger partial charge on any atom is -0.452 e. The summed E-state index contributed by atoms with van der Waals surface area (Å²) in [6.07, 6.45) is 1.38. The summed E-state index contributed by atoms with van der Waals surface area (Å²) in [6.45, 7) is 2.87. The zero-order valence-electron chi connectivity index (χ0n) is 14.4. The van der Waals surface area contributed by atoms with Crippen LogP contribution in [-0.4, -0.2) is 35.9 Å². The lowest BCUT2D eigenvalue weighted by molar-refractivity contribution is -0.126. The largest absolute Gasteiger partial charge is 0.452 e. The van der Waals surface area contributed by atoms with Crippen LogP contribution in [0.5, 0.6) is 0 Å². The van der Waals surface area contributed by atoms with E-state index in [2.05, 4.69) is 15.6 Å². The smallest absolute Gasteiger partial charge is 0.344 e. The molecule has 2 aromatic rings. The molecule has 0 atom stereocenters. The van der Waals surface area contributed by atoms with Crippen LogP contribution in [-0.2, 0) is 14.3 Å². The number of amides is 2. The number of H-pyrrole nitrogens is 1. The first-order valence-corrected chi connectivity index (χ1v) is 7.86. The fourth-order valence-corrected chi connectivity index (χ4v) is 2.22. The molecule has 26 heavy (non-hydrogen) atoms. The Labute approximate surface area is 149 Å². The molecule has 3 N–H and O–H groups in total. The average molecular weight is 357 g/mol. The van der Waals surface area contributed by atoms with Crippen LogP contribution in [0.25, 0.3) is 0 Å². The number of aromatic amines is 1. The number of carbonyl (C=O) groups is 3. The van der Waals surface area contributed by atoms with Crippen molar-refractivity contribution in [3.05, 3.63) is 63.6 Å². The van der Waals surface area contributed by atoms with Gasteiger partial charge in [-0.25, -0.2) is 4.79 Å². The molecular weight excluding hydrogens is 338 g/mol. The van der Waals surface area contributed by atoms with Gasteiger partial charge in [0.15, 0.2) is 6.61 Å². The summed E-state index contributed by atoms with van der Waals surface area (Å²) < 4.78 is 4.76. The molecule has 0 bridgehead atoms. The number of anilines is 1. The Bertz CT molecular complexity index is 868. The average Bonchev–Trinajstić information content (AvgIpc) is 2.61. The van der Waals surface area contributed by atoms with Crippen LogP contribution in [0.2, 0.25) is 0 Å². The van der Waals surface area contributed by atoms with Crippen molar-refractivity contribution in [3.8, 4) is 0 Å². The predicted octanol–water partition coefficient (Wildman–Crippen LogP) is 0.903. The van der Waals surface area contributed by atoms with E-state index in [4.69, 9.17) is 4.74 Å². The molecule has 8 nitrogen and oxygen atoms in total. The van der Waals surface area contributed by atoms with E-state index in [1.165, 1.54) is 18.3 Å². The second-order valence-corrected chi connectivity index (χ2v) is 5.58. The van der Waals surface area contributed by atoms with Gasteiger partial charge in [-0.1, -0.05) is 18.2 Å². The minimum absolute atomic E-state index is 0.201. The highest BCUT2D eigenvalue weighted by Gasteiger charge is 2.14. The summed E-state index contributed by atoms with van der Waals surface area (Å²) in [5.41, 5.74) is 1.71. The molecule has 2 rings (SSSR count). The van der Waals surface area contributed by atoms with Gasteiger partial charge >= 0.3 is 5.97 Å². The Morgan fingerprint density at radius 1 is 1.04 bits per heavy atom. The molecule has 0 saturated carbocycles. The van der Waals surface area contributed by atoms with E-state index in [0.29, 0.717) is 5.69 Å². The van der Waals surface area contributed by atoms with Crippen molar-refractivity contribution < 1.29 is 19.1 Å². The van der Waals surface area contributed by atoms with Crippen LogP contribution >= 0.6 is 0 Å². The first-order valence-electron chi connectivity index (χ1n) is 7.86. The number of para-hydroxylation sites is 1. The fourth-order valence-electron chi connectivity index (χ4n) is 2.22. The molecule has 8 heteroatoms. The van der Waals surface area contributed by atoms with Gasteiger partial charge in [-0.2, -0.15) is 0 Å². The van der Waals surface area contributed by atoms with Crippen molar-refractivity contribution in [2.75, 3.05) is 18.5 Å². The SMILES string of the molecule is Cc1cccc(C)c1NC(=O)CNC(=O)COC(=O)c1ccc[nH]c1=O. The number of aryl methyl sites for hydroxylation is 2. The fraction of sp³-hybridized carbons (Fsp3) is 0.222. The number of rotatable bonds is 6. The molecule has 0 unspecified atom stereocenters. The number of esters is 1. The van der Waals surface area contributed by atoms with E-state index in [1.54, 1.807) is 0 Å². The van der Waals surface area contributed by atoms with Crippen LogP contribution in [0.1, 0.15) is 21.5 Å². The first kappa shape index (κ1) is 18.9. The van der Waals surface area contributed by atoms with E-state index < -0.39 is 29.9 Å². The third-order valence-electron chi connectivity index (χ3n) is 3.56. The zero-order chi connectivity index (χ0) is 19.1. The van der Waals surface area contributed by atoms with Crippen molar-refractivity contribution in [1.82, 2.24) is 10.3 Å². The maximum Gasteiger partial charge on any atom is 0.344 e. The van der Waals surface area contributed by atoms with Gasteiger partial charge in [-0.05, 0) is 37.1 Å². The summed E-state index contributed by atoms with van der Waals surface area (Å²) in [4.78, 5) is 49.1. The van der Waals surface area contributed by atoms with E-state index in [9.17, 15) is 19.2 Å². The van der Waals surface area contributed by atoms with E-state index >= 15 is 0 Å². The lowest BCUT2D eigenvalue weighted by atomic mass is 10.1. The molecule has 0 aliphatic carbocycles. The normalized spacial score (nSPS) is 10.1. The van der Waals surface area contributed by atoms with Gasteiger partial charge in [0.25, 0.3) is 11.5 Å². The topological polar surface area (TPSA) is 117 Å². The molecule has 0 aliphatic rings. The van der Waals surface area contributed by atoms with Crippen LogP contribution in [0.15, 0.2) is 41.3 Å². The minimum atomic E-state index is -0.915. The lowest BCUT2D eigenvalue weighted by Crippen LogP contribution is -2.36. The molecular formula is C18H19N3O5. The van der Waals surface area contributed by atoms with Crippen molar-refractivity contribution in [1.29, 1.82) is 0 Å². The van der Waals surface area contributed by atoms with Crippen LogP contribution in [0.4, 0.5) is 5.69 Å². The summed E-state index contributed by atoms with van der Waals surface area (Å²) in [5, 5.41) is 5.07. The molecule has 0 spiro atoms. The molecule has 2 amide bonds. The van der Waals surface area contributed by atoms with Crippen molar-refractivity contribution in [3.63, 3.8) is 0 Å². The second kappa shape index (κ2) is 8.61. The number of hydrogen-bond donors (Lipinski definition) is 3. The molecule has 0 aliphatic heterocycles. The number of aromatic nitrogens is 1. The number of pyridine rings is 1. The molecule has 136 valence electrons. The summed E-state index contributed by atoms with van der Waals surface area (Å²) >= 11 is 0. The highest BCUT2D eigenvalue weighted by atomic mass is 16.5. The van der Waals surface area contributed by atoms with Crippen LogP contribution in [0.3, 0.4) is 0 Å². The number of carbonyl (C=O) groups excluding carboxylic acids is 3. The highest BCUT2D eigenvalue weighted by molar-refractivity contribution is 5.96. The van der Waals surface area contributed by atoms with Crippen LogP contribution < -0.4 is 16.2 Å². The predicted molar refractivity (Wildman–Crippen MR) is 94.9 cm³/mol. The van der Waals surface area contributed by atoms with Crippen molar-refractivity contribution in [2.45, 2.75) is 13.8 Å². The Morgan fingerprint density at radius 2 is 1.73 bits per heavy atom. The highest BCUT2D eigenvalue weighted by Crippen LogP contribution is 2.18. The molecule has 0 radical (unpaired) electrons. The van der Waals surface area contributed by atoms with E-state index in [0.717, 1.165) is 11.1 Å². The molecule has 0 saturated heterocycles. The summed E-state index contributed by atoms with van der Waals surface area (Å²) in [6, 6.07) is 8.37. The van der Waals surface area contributed by atoms with Crippen molar-refractivity contribution in [2.24, 2.45) is 0 Å². The summed E-state index contributed by atoms with van der Waals surface area (Å²) in [7, 11) is 0.